The Morgan fingerprint density at radius 2 is 1.87 bits per heavy atom. The molecular weight excluding hydrogens is 404 g/mol. The van der Waals surface area contributed by atoms with Crippen LogP contribution in [0.1, 0.15) is 17.3 Å². The molecule has 1 atom stereocenters. The standard InChI is InChI=1S/C20H16N6O3S/c1-13(18(27)23-20-22-17(11-30-20)14-5-3-2-4-6-14)29-19(28)15-7-9-16(10-8-15)26-12-21-24-25-26/h2-13H,1H3,(H,22,23,27). The topological polar surface area (TPSA) is 112 Å². The summed E-state index contributed by atoms with van der Waals surface area (Å²) < 4.78 is 6.73. The number of esters is 1. The quantitative estimate of drug-likeness (QED) is 0.477. The summed E-state index contributed by atoms with van der Waals surface area (Å²) >= 11 is 1.30. The van der Waals surface area contributed by atoms with E-state index in [-0.39, 0.29) is 0 Å². The van der Waals surface area contributed by atoms with E-state index in [0.717, 1.165) is 11.3 Å². The lowest BCUT2D eigenvalue weighted by molar-refractivity contribution is -0.123. The number of tetrazole rings is 1. The normalized spacial score (nSPS) is 11.6. The number of thiazole rings is 1. The van der Waals surface area contributed by atoms with Crippen LogP contribution in [-0.2, 0) is 9.53 Å². The lowest BCUT2D eigenvalue weighted by Crippen LogP contribution is -2.30. The third-order valence-electron chi connectivity index (χ3n) is 4.17. The second kappa shape index (κ2) is 8.62. The molecule has 10 heteroatoms. The molecule has 150 valence electrons. The second-order valence-corrected chi connectivity index (χ2v) is 7.10. The molecular formula is C20H16N6O3S. The Kier molecular flexibility index (Phi) is 5.57. The summed E-state index contributed by atoms with van der Waals surface area (Å²) in [5.74, 6) is -1.06. The van der Waals surface area contributed by atoms with Crippen LogP contribution in [0.2, 0.25) is 0 Å². The molecule has 2 heterocycles. The highest BCUT2D eigenvalue weighted by Gasteiger charge is 2.20. The molecule has 0 spiro atoms. The molecule has 2 aromatic heterocycles. The summed E-state index contributed by atoms with van der Waals surface area (Å²) in [7, 11) is 0. The van der Waals surface area contributed by atoms with Crippen molar-refractivity contribution in [3.05, 3.63) is 71.9 Å². The zero-order valence-electron chi connectivity index (χ0n) is 15.8. The molecule has 4 rings (SSSR count). The van der Waals surface area contributed by atoms with E-state index in [9.17, 15) is 9.59 Å². The molecule has 0 fully saturated rings. The third kappa shape index (κ3) is 4.39. The number of benzene rings is 2. The zero-order valence-corrected chi connectivity index (χ0v) is 16.6. The van der Waals surface area contributed by atoms with Gasteiger partial charge in [0.1, 0.15) is 6.33 Å². The number of nitrogens with one attached hydrogen (secondary N) is 1. The lowest BCUT2D eigenvalue weighted by atomic mass is 10.2. The van der Waals surface area contributed by atoms with Crippen LogP contribution in [0.15, 0.2) is 66.3 Å². The molecule has 0 radical (unpaired) electrons. The minimum Gasteiger partial charge on any atom is -0.449 e. The van der Waals surface area contributed by atoms with E-state index in [2.05, 4.69) is 25.8 Å². The largest absolute Gasteiger partial charge is 0.449 e. The Labute approximate surface area is 175 Å². The van der Waals surface area contributed by atoms with Gasteiger partial charge in [-0.25, -0.2) is 14.5 Å². The first-order valence-corrected chi connectivity index (χ1v) is 9.84. The minimum absolute atomic E-state index is 0.312. The Morgan fingerprint density at radius 3 is 2.57 bits per heavy atom. The maximum absolute atomic E-state index is 12.4. The predicted molar refractivity (Wildman–Crippen MR) is 110 cm³/mol. The minimum atomic E-state index is -0.985. The van der Waals surface area contributed by atoms with Gasteiger partial charge >= 0.3 is 5.97 Å². The van der Waals surface area contributed by atoms with Crippen molar-refractivity contribution in [2.24, 2.45) is 0 Å². The zero-order chi connectivity index (χ0) is 20.9. The predicted octanol–water partition coefficient (Wildman–Crippen LogP) is 2.97. The van der Waals surface area contributed by atoms with Crippen LogP contribution < -0.4 is 5.32 Å². The smallest absolute Gasteiger partial charge is 0.338 e. The summed E-state index contributed by atoms with van der Waals surface area (Å²) in [6.45, 7) is 1.51. The van der Waals surface area contributed by atoms with Crippen LogP contribution in [0.3, 0.4) is 0 Å². The fourth-order valence-corrected chi connectivity index (χ4v) is 3.31. The average Bonchev–Trinajstić information content (AvgIpc) is 3.47. The van der Waals surface area contributed by atoms with Crippen LogP contribution in [0.25, 0.3) is 16.9 Å². The van der Waals surface area contributed by atoms with Crippen LogP contribution in [0.4, 0.5) is 5.13 Å². The highest BCUT2D eigenvalue weighted by molar-refractivity contribution is 7.14. The first-order chi connectivity index (χ1) is 14.6. The summed E-state index contributed by atoms with van der Waals surface area (Å²) in [6.07, 6.45) is 0.461. The van der Waals surface area contributed by atoms with E-state index < -0.39 is 18.0 Å². The molecule has 0 aliphatic rings. The van der Waals surface area contributed by atoms with E-state index in [1.165, 1.54) is 29.3 Å². The Hall–Kier alpha value is -3.92. The summed E-state index contributed by atoms with van der Waals surface area (Å²) in [5, 5.41) is 15.9. The van der Waals surface area contributed by atoms with Gasteiger partial charge < -0.3 is 4.74 Å². The molecule has 0 aliphatic carbocycles. The number of hydrogen-bond donors (Lipinski definition) is 1. The second-order valence-electron chi connectivity index (χ2n) is 6.24. The molecule has 0 aliphatic heterocycles. The van der Waals surface area contributed by atoms with E-state index in [1.54, 1.807) is 24.3 Å². The highest BCUT2D eigenvalue weighted by Crippen LogP contribution is 2.24. The Balaban J connectivity index is 1.35. The van der Waals surface area contributed by atoms with E-state index >= 15 is 0 Å². The SMILES string of the molecule is CC(OC(=O)c1ccc(-n2cnnn2)cc1)C(=O)Nc1nc(-c2ccccc2)cs1. The van der Waals surface area contributed by atoms with Gasteiger partial charge in [0.2, 0.25) is 0 Å². The molecule has 1 unspecified atom stereocenters. The van der Waals surface area contributed by atoms with E-state index in [1.807, 2.05) is 35.7 Å². The Morgan fingerprint density at radius 1 is 1.10 bits per heavy atom. The monoisotopic (exact) mass is 420 g/mol. The number of carbonyl (C=O) groups excluding carboxylic acids is 2. The van der Waals surface area contributed by atoms with Gasteiger partial charge in [-0.05, 0) is 41.6 Å². The van der Waals surface area contributed by atoms with Crippen molar-refractivity contribution in [3.8, 4) is 16.9 Å². The number of amides is 1. The molecule has 0 saturated carbocycles. The van der Waals surface area contributed by atoms with Gasteiger partial charge in [0.15, 0.2) is 11.2 Å². The average molecular weight is 420 g/mol. The van der Waals surface area contributed by atoms with Crippen molar-refractivity contribution < 1.29 is 14.3 Å². The number of hydrogen-bond acceptors (Lipinski definition) is 8. The molecule has 0 saturated heterocycles. The molecule has 4 aromatic rings. The maximum atomic E-state index is 12.4. The van der Waals surface area contributed by atoms with Crippen molar-refractivity contribution in [2.75, 3.05) is 5.32 Å². The van der Waals surface area contributed by atoms with Gasteiger partial charge in [-0.3, -0.25) is 10.1 Å². The maximum Gasteiger partial charge on any atom is 0.338 e. The van der Waals surface area contributed by atoms with Gasteiger partial charge in [0.25, 0.3) is 5.91 Å². The van der Waals surface area contributed by atoms with Crippen molar-refractivity contribution in [3.63, 3.8) is 0 Å². The van der Waals surface area contributed by atoms with Crippen LogP contribution in [-0.4, -0.2) is 43.2 Å². The van der Waals surface area contributed by atoms with Crippen molar-refractivity contribution in [2.45, 2.75) is 13.0 Å². The van der Waals surface area contributed by atoms with E-state index in [0.29, 0.717) is 16.4 Å². The highest BCUT2D eigenvalue weighted by atomic mass is 32.1. The number of anilines is 1. The van der Waals surface area contributed by atoms with Crippen LogP contribution >= 0.6 is 11.3 Å². The molecule has 9 nitrogen and oxygen atoms in total. The van der Waals surface area contributed by atoms with Crippen molar-refractivity contribution in [1.82, 2.24) is 25.2 Å². The number of ether oxygens (including phenoxy) is 1. The summed E-state index contributed by atoms with van der Waals surface area (Å²) in [6, 6.07) is 16.2. The number of rotatable bonds is 6. The fraction of sp³-hybridized carbons (Fsp3) is 0.100. The van der Waals surface area contributed by atoms with Crippen molar-refractivity contribution >= 4 is 28.3 Å². The third-order valence-corrected chi connectivity index (χ3v) is 4.93. The van der Waals surface area contributed by atoms with Gasteiger partial charge in [0.05, 0.1) is 16.9 Å². The van der Waals surface area contributed by atoms with Gasteiger partial charge in [-0.15, -0.1) is 16.4 Å². The summed E-state index contributed by atoms with van der Waals surface area (Å²) in [4.78, 5) is 29.1. The van der Waals surface area contributed by atoms with Crippen molar-refractivity contribution in [1.29, 1.82) is 0 Å². The van der Waals surface area contributed by atoms with Gasteiger partial charge in [0, 0.05) is 10.9 Å². The molecule has 2 aromatic carbocycles. The number of aromatic nitrogens is 5. The first kappa shape index (κ1) is 19.4. The number of carbonyl (C=O) groups is 2. The van der Waals surface area contributed by atoms with Crippen LogP contribution in [0, 0.1) is 0 Å². The molecule has 0 bridgehead atoms. The molecule has 30 heavy (non-hydrogen) atoms. The van der Waals surface area contributed by atoms with E-state index in [4.69, 9.17) is 4.74 Å². The molecule has 1 amide bonds. The van der Waals surface area contributed by atoms with Crippen LogP contribution in [0.5, 0.6) is 0 Å². The Bertz CT molecular complexity index is 1140. The van der Waals surface area contributed by atoms with Gasteiger partial charge in [-0.2, -0.15) is 0 Å². The van der Waals surface area contributed by atoms with Gasteiger partial charge in [-0.1, -0.05) is 30.3 Å². The summed E-state index contributed by atoms with van der Waals surface area (Å²) in [5.41, 5.74) is 2.73. The first-order valence-electron chi connectivity index (χ1n) is 8.96. The molecule has 1 N–H and O–H groups in total. The number of nitrogens with zero attached hydrogens (tertiary/aromatic N) is 5. The lowest BCUT2D eigenvalue weighted by Gasteiger charge is -2.12. The fourth-order valence-electron chi connectivity index (χ4n) is 2.59.